The summed E-state index contributed by atoms with van der Waals surface area (Å²) >= 11 is 7.40. The fourth-order valence-electron chi connectivity index (χ4n) is 2.33. The van der Waals surface area contributed by atoms with Gasteiger partial charge in [0, 0.05) is 10.4 Å². The molecule has 0 aliphatic carbocycles. The van der Waals surface area contributed by atoms with Crippen LogP contribution in [0, 0.1) is 5.82 Å². The van der Waals surface area contributed by atoms with Gasteiger partial charge in [0.1, 0.15) is 5.82 Å². The van der Waals surface area contributed by atoms with Crippen molar-refractivity contribution in [3.8, 4) is 0 Å². The molecule has 1 heterocycles. The lowest BCUT2D eigenvalue weighted by molar-refractivity contribution is 0.259. The number of amides is 2. The Morgan fingerprint density at radius 2 is 2.00 bits per heavy atom. The zero-order valence-corrected chi connectivity index (χ0v) is 15.4. The molecule has 0 saturated heterocycles. The number of benzene rings is 2. The molecule has 1 aliphatic rings. The number of nitrogens with one attached hydrogen (secondary N) is 1. The molecule has 2 aromatic rings. The highest BCUT2D eigenvalue weighted by Crippen LogP contribution is 2.36. The summed E-state index contributed by atoms with van der Waals surface area (Å²) < 4.78 is 13.4. The Kier molecular flexibility index (Phi) is 5.01. The maximum absolute atomic E-state index is 13.5. The fourth-order valence-corrected chi connectivity index (χ4v) is 3.53. The third kappa shape index (κ3) is 4.14. The van der Waals surface area contributed by atoms with Gasteiger partial charge in [-0.05, 0) is 44.2 Å². The number of rotatable bonds is 2. The molecule has 0 spiro atoms. The summed E-state index contributed by atoms with van der Waals surface area (Å²) in [6, 6.07) is 12.9. The Morgan fingerprint density at radius 3 is 2.60 bits per heavy atom. The summed E-state index contributed by atoms with van der Waals surface area (Å²) in [6.07, 6.45) is 0. The summed E-state index contributed by atoms with van der Waals surface area (Å²) in [5.74, 6) is -0.532. The van der Waals surface area contributed by atoms with E-state index in [0.29, 0.717) is 23.1 Å². The number of carbonyl (C=O) groups is 1. The molecule has 1 N–H and O–H groups in total. The van der Waals surface area contributed by atoms with Gasteiger partial charge < -0.3 is 5.32 Å². The number of hydrogen-bond donors (Lipinski definition) is 1. The monoisotopic (exact) mass is 377 g/mol. The van der Waals surface area contributed by atoms with Gasteiger partial charge in [0.15, 0.2) is 5.17 Å². The van der Waals surface area contributed by atoms with Crippen LogP contribution in [0.15, 0.2) is 53.5 Å². The van der Waals surface area contributed by atoms with E-state index >= 15 is 0 Å². The molecule has 0 atom stereocenters. The van der Waals surface area contributed by atoms with E-state index in [9.17, 15) is 9.18 Å². The van der Waals surface area contributed by atoms with Crippen molar-refractivity contribution in [1.82, 2.24) is 0 Å². The summed E-state index contributed by atoms with van der Waals surface area (Å²) in [6.45, 7) is 4.70. The number of aliphatic imine (C=N–C) groups is 1. The Hall–Kier alpha value is -2.05. The van der Waals surface area contributed by atoms with E-state index < -0.39 is 5.82 Å². The lowest BCUT2D eigenvalue weighted by atomic mass is 10.2. The van der Waals surface area contributed by atoms with E-state index in [1.54, 1.807) is 12.1 Å². The van der Waals surface area contributed by atoms with Gasteiger partial charge in [-0.25, -0.2) is 14.1 Å². The van der Waals surface area contributed by atoms with Gasteiger partial charge in [-0.2, -0.15) is 0 Å². The number of thioether (sulfide) groups is 1. The summed E-state index contributed by atoms with van der Waals surface area (Å²) in [4.78, 5) is 18.8. The van der Waals surface area contributed by atoms with Crippen molar-refractivity contribution in [1.29, 1.82) is 0 Å². The maximum Gasteiger partial charge on any atom is 0.332 e. The van der Waals surface area contributed by atoms with Gasteiger partial charge in [0.25, 0.3) is 0 Å². The molecule has 0 aromatic heterocycles. The van der Waals surface area contributed by atoms with Gasteiger partial charge in [0.2, 0.25) is 0 Å². The van der Waals surface area contributed by atoms with Crippen LogP contribution < -0.4 is 10.2 Å². The highest BCUT2D eigenvalue weighted by molar-refractivity contribution is 8.15. The zero-order chi connectivity index (χ0) is 18.0. The Labute approximate surface area is 155 Å². The number of urea groups is 1. The number of anilines is 2. The molecule has 3 rings (SSSR count). The highest BCUT2D eigenvalue weighted by atomic mass is 35.5. The topological polar surface area (TPSA) is 44.7 Å². The minimum absolute atomic E-state index is 0.0436. The Morgan fingerprint density at radius 1 is 1.28 bits per heavy atom. The predicted molar refractivity (Wildman–Crippen MR) is 103 cm³/mol. The summed E-state index contributed by atoms with van der Waals surface area (Å²) in [7, 11) is 0. The van der Waals surface area contributed by atoms with Crippen LogP contribution in [-0.2, 0) is 0 Å². The second-order valence-electron chi connectivity index (χ2n) is 6.19. The van der Waals surface area contributed by atoms with Crippen LogP contribution in [0.5, 0.6) is 0 Å². The number of hydrogen-bond acceptors (Lipinski definition) is 3. The SMILES string of the molecule is CC1(C)CN=C(N(C(=O)Nc2ccccc2)c2ccc(F)c(Cl)c2)S1. The van der Waals surface area contributed by atoms with E-state index in [0.717, 1.165) is 0 Å². The van der Waals surface area contributed by atoms with Crippen LogP contribution in [0.2, 0.25) is 5.02 Å². The molecule has 25 heavy (non-hydrogen) atoms. The van der Waals surface area contributed by atoms with Crippen LogP contribution >= 0.6 is 23.4 Å². The van der Waals surface area contributed by atoms with Crippen LogP contribution in [-0.4, -0.2) is 22.5 Å². The van der Waals surface area contributed by atoms with Crippen molar-refractivity contribution < 1.29 is 9.18 Å². The molecule has 1 aliphatic heterocycles. The third-order valence-corrected chi connectivity index (χ3v) is 5.01. The fraction of sp³-hybridized carbons (Fsp3) is 0.222. The van der Waals surface area contributed by atoms with Crippen molar-refractivity contribution in [2.24, 2.45) is 4.99 Å². The first-order valence-electron chi connectivity index (χ1n) is 7.70. The third-order valence-electron chi connectivity index (χ3n) is 3.54. The molecule has 2 aromatic carbocycles. The summed E-state index contributed by atoms with van der Waals surface area (Å²) in [5.41, 5.74) is 1.12. The van der Waals surface area contributed by atoms with Crippen molar-refractivity contribution in [2.45, 2.75) is 18.6 Å². The van der Waals surface area contributed by atoms with Gasteiger partial charge in [-0.15, -0.1) is 0 Å². The Bertz CT molecular complexity index is 826. The molecular formula is C18H17ClFN3OS. The smallest absolute Gasteiger partial charge is 0.307 e. The van der Waals surface area contributed by atoms with E-state index in [-0.39, 0.29) is 15.8 Å². The van der Waals surface area contributed by atoms with Crippen LogP contribution in [0.3, 0.4) is 0 Å². The number of amidine groups is 1. The van der Waals surface area contributed by atoms with Crippen LogP contribution in [0.4, 0.5) is 20.6 Å². The lowest BCUT2D eigenvalue weighted by Gasteiger charge is -2.24. The van der Waals surface area contributed by atoms with Gasteiger partial charge in [0.05, 0.1) is 17.3 Å². The van der Waals surface area contributed by atoms with Gasteiger partial charge >= 0.3 is 6.03 Å². The number of para-hydroxylation sites is 1. The molecule has 0 radical (unpaired) electrons. The molecule has 0 saturated carbocycles. The largest absolute Gasteiger partial charge is 0.332 e. The molecule has 0 bridgehead atoms. The van der Waals surface area contributed by atoms with Crippen molar-refractivity contribution in [3.05, 3.63) is 59.4 Å². The van der Waals surface area contributed by atoms with Crippen molar-refractivity contribution in [3.63, 3.8) is 0 Å². The quantitative estimate of drug-likeness (QED) is 0.761. The zero-order valence-electron chi connectivity index (χ0n) is 13.8. The standard InChI is InChI=1S/C18H17ClFN3OS/c1-18(2)11-21-17(25-18)23(13-8-9-15(20)14(19)10-13)16(24)22-12-6-4-3-5-7-12/h3-10H,11H2,1-2H3,(H,22,24). The molecule has 130 valence electrons. The molecule has 7 heteroatoms. The molecule has 0 unspecified atom stereocenters. The van der Waals surface area contributed by atoms with Crippen LogP contribution in [0.25, 0.3) is 0 Å². The van der Waals surface area contributed by atoms with Crippen LogP contribution in [0.1, 0.15) is 13.8 Å². The minimum Gasteiger partial charge on any atom is -0.307 e. The van der Waals surface area contributed by atoms with Crippen molar-refractivity contribution in [2.75, 3.05) is 16.8 Å². The lowest BCUT2D eigenvalue weighted by Crippen LogP contribution is -2.38. The first-order chi connectivity index (χ1) is 11.9. The van der Waals surface area contributed by atoms with Crippen molar-refractivity contribution >= 4 is 45.9 Å². The van der Waals surface area contributed by atoms with E-state index in [2.05, 4.69) is 24.2 Å². The average molecular weight is 378 g/mol. The maximum atomic E-state index is 13.5. The predicted octanol–water partition coefficient (Wildman–Crippen LogP) is 5.40. The normalized spacial score (nSPS) is 15.6. The minimum atomic E-state index is -0.532. The molecule has 2 amide bonds. The number of halogens is 2. The van der Waals surface area contributed by atoms with E-state index in [4.69, 9.17) is 11.6 Å². The van der Waals surface area contributed by atoms with E-state index in [1.807, 2.05) is 18.2 Å². The molecule has 4 nitrogen and oxygen atoms in total. The summed E-state index contributed by atoms with van der Waals surface area (Å²) in [5, 5.41) is 3.35. The Balaban J connectivity index is 1.94. The molecular weight excluding hydrogens is 361 g/mol. The van der Waals surface area contributed by atoms with E-state index in [1.165, 1.54) is 34.9 Å². The first-order valence-corrected chi connectivity index (χ1v) is 8.90. The number of carbonyl (C=O) groups excluding carboxylic acids is 1. The first kappa shape index (κ1) is 17.8. The number of nitrogens with zero attached hydrogens (tertiary/aromatic N) is 2. The van der Waals surface area contributed by atoms with Gasteiger partial charge in [-0.3, -0.25) is 4.99 Å². The highest BCUT2D eigenvalue weighted by Gasteiger charge is 2.34. The van der Waals surface area contributed by atoms with Gasteiger partial charge in [-0.1, -0.05) is 41.6 Å². The second kappa shape index (κ2) is 7.06. The average Bonchev–Trinajstić information content (AvgIpc) is 2.91. The second-order valence-corrected chi connectivity index (χ2v) is 8.27. The molecule has 0 fully saturated rings.